The smallest absolute Gasteiger partial charge is 0.276 e. The molecule has 0 heterocycles. The third-order valence-corrected chi connectivity index (χ3v) is 5.36. The van der Waals surface area contributed by atoms with Crippen molar-refractivity contribution in [3.05, 3.63) is 52.0 Å². The van der Waals surface area contributed by atoms with Crippen LogP contribution in [0.15, 0.2) is 40.3 Å². The Kier molecular flexibility index (Phi) is 7.32. The number of halogens is 1. The van der Waals surface area contributed by atoms with Crippen molar-refractivity contribution < 1.29 is 17.9 Å². The number of nitrogens with one attached hydrogen (secondary N) is 1. The minimum atomic E-state index is -3.77. The van der Waals surface area contributed by atoms with E-state index in [2.05, 4.69) is 9.93 Å². The first kappa shape index (κ1) is 22.0. The number of ether oxygens (including phenoxy) is 2. The summed E-state index contributed by atoms with van der Waals surface area (Å²) in [6.07, 6.45) is 1.30. The van der Waals surface area contributed by atoms with Crippen LogP contribution < -0.4 is 14.3 Å². The van der Waals surface area contributed by atoms with E-state index in [1.807, 2.05) is 27.7 Å². The van der Waals surface area contributed by atoms with Crippen LogP contribution in [-0.4, -0.2) is 27.3 Å². The van der Waals surface area contributed by atoms with E-state index in [-0.39, 0.29) is 11.0 Å². The summed E-state index contributed by atoms with van der Waals surface area (Å²) in [6, 6.07) is 8.44. The molecule has 6 nitrogen and oxygen atoms in total. The molecule has 2 rings (SSSR count). The third-order valence-electron chi connectivity index (χ3n) is 3.69. The second-order valence-electron chi connectivity index (χ2n) is 6.55. The highest BCUT2D eigenvalue weighted by Crippen LogP contribution is 2.37. The fraction of sp³-hybridized carbons (Fsp3) is 0.350. The van der Waals surface area contributed by atoms with Crippen molar-refractivity contribution in [2.24, 2.45) is 5.10 Å². The highest BCUT2D eigenvalue weighted by atomic mass is 35.5. The Morgan fingerprint density at radius 2 is 1.93 bits per heavy atom. The topological polar surface area (TPSA) is 77.0 Å². The number of rotatable bonds is 8. The molecule has 2 aromatic rings. The predicted octanol–water partition coefficient (Wildman–Crippen LogP) is 4.46. The van der Waals surface area contributed by atoms with E-state index in [4.69, 9.17) is 21.1 Å². The van der Waals surface area contributed by atoms with Crippen LogP contribution in [0.4, 0.5) is 0 Å². The molecule has 1 N–H and O–H groups in total. The quantitative estimate of drug-likeness (QED) is 0.501. The average Bonchev–Trinajstić information content (AvgIpc) is 2.57. The lowest BCUT2D eigenvalue weighted by molar-refractivity contribution is 0.224. The average molecular weight is 425 g/mol. The zero-order valence-corrected chi connectivity index (χ0v) is 18.2. The molecule has 0 amide bonds. The van der Waals surface area contributed by atoms with Crippen molar-refractivity contribution in [2.75, 3.05) is 6.61 Å². The van der Waals surface area contributed by atoms with Crippen molar-refractivity contribution in [3.8, 4) is 11.5 Å². The van der Waals surface area contributed by atoms with Crippen LogP contribution >= 0.6 is 11.6 Å². The summed E-state index contributed by atoms with van der Waals surface area (Å²) in [5.41, 5.74) is 2.22. The molecule has 0 saturated carbocycles. The highest BCUT2D eigenvalue weighted by Gasteiger charge is 2.16. The third kappa shape index (κ3) is 5.62. The lowest BCUT2D eigenvalue weighted by Gasteiger charge is -2.16. The van der Waals surface area contributed by atoms with Gasteiger partial charge in [0.05, 0.1) is 28.8 Å². The molecule has 152 valence electrons. The van der Waals surface area contributed by atoms with Gasteiger partial charge >= 0.3 is 0 Å². The molecule has 0 aliphatic rings. The number of sulfonamides is 1. The van der Waals surface area contributed by atoms with Crippen molar-refractivity contribution in [2.45, 2.75) is 45.6 Å². The normalized spacial score (nSPS) is 11.8. The number of nitrogens with zero attached hydrogens (tertiary/aromatic N) is 1. The van der Waals surface area contributed by atoms with E-state index in [0.29, 0.717) is 34.3 Å². The minimum Gasteiger partial charge on any atom is -0.490 e. The van der Waals surface area contributed by atoms with Gasteiger partial charge in [-0.2, -0.15) is 13.5 Å². The molecule has 0 spiro atoms. The van der Waals surface area contributed by atoms with Crippen molar-refractivity contribution in [1.82, 2.24) is 4.83 Å². The van der Waals surface area contributed by atoms with Gasteiger partial charge in [-0.05, 0) is 63.9 Å². The predicted molar refractivity (Wildman–Crippen MR) is 112 cm³/mol. The molecule has 0 aliphatic heterocycles. The highest BCUT2D eigenvalue weighted by molar-refractivity contribution is 7.89. The van der Waals surface area contributed by atoms with Crippen LogP contribution in [0.3, 0.4) is 0 Å². The largest absolute Gasteiger partial charge is 0.490 e. The van der Waals surface area contributed by atoms with Crippen molar-refractivity contribution in [3.63, 3.8) is 0 Å². The molecule has 0 fully saturated rings. The molecule has 2 aromatic carbocycles. The number of hydrazone groups is 1. The molecular weight excluding hydrogens is 400 g/mol. The molecule has 0 aliphatic carbocycles. The lowest BCUT2D eigenvalue weighted by Crippen LogP contribution is -2.19. The zero-order valence-electron chi connectivity index (χ0n) is 16.6. The standard InChI is InChI=1S/C20H25ClN2O4S/c1-6-26-18-11-16(10-17(21)20(18)27-13(2)3)12-22-23-28(24,25)19-8-7-14(4)9-15(19)5/h7-13,23H,6H2,1-5H3/b22-12+. The summed E-state index contributed by atoms with van der Waals surface area (Å²) in [7, 11) is -3.77. The van der Waals surface area contributed by atoms with Gasteiger partial charge in [-0.15, -0.1) is 0 Å². The fourth-order valence-corrected chi connectivity index (χ4v) is 3.88. The van der Waals surface area contributed by atoms with Crippen LogP contribution in [0.1, 0.15) is 37.5 Å². The van der Waals surface area contributed by atoms with E-state index in [0.717, 1.165) is 5.56 Å². The van der Waals surface area contributed by atoms with Gasteiger partial charge in [0.1, 0.15) is 0 Å². The lowest BCUT2D eigenvalue weighted by atomic mass is 10.2. The molecule has 0 radical (unpaired) electrons. The number of hydrogen-bond acceptors (Lipinski definition) is 5. The van der Waals surface area contributed by atoms with E-state index >= 15 is 0 Å². The molecule has 0 unspecified atom stereocenters. The van der Waals surface area contributed by atoms with Crippen LogP contribution in [0.25, 0.3) is 0 Å². The molecular formula is C20H25ClN2O4S. The number of benzene rings is 2. The summed E-state index contributed by atoms with van der Waals surface area (Å²) >= 11 is 6.31. The maximum atomic E-state index is 12.5. The van der Waals surface area contributed by atoms with E-state index in [1.165, 1.54) is 6.21 Å². The van der Waals surface area contributed by atoms with E-state index in [1.54, 1.807) is 37.3 Å². The Bertz CT molecular complexity index is 972. The zero-order chi connectivity index (χ0) is 20.9. The van der Waals surface area contributed by atoms with Gasteiger partial charge in [0.2, 0.25) is 0 Å². The molecule has 8 heteroatoms. The van der Waals surface area contributed by atoms with Crippen molar-refractivity contribution in [1.29, 1.82) is 0 Å². The molecule has 0 saturated heterocycles. The maximum absolute atomic E-state index is 12.5. The van der Waals surface area contributed by atoms with Crippen molar-refractivity contribution >= 4 is 27.8 Å². The van der Waals surface area contributed by atoms with Gasteiger partial charge < -0.3 is 9.47 Å². The van der Waals surface area contributed by atoms with Gasteiger partial charge in [-0.1, -0.05) is 29.3 Å². The number of aryl methyl sites for hydroxylation is 2. The summed E-state index contributed by atoms with van der Waals surface area (Å²) < 4.78 is 36.2. The van der Waals surface area contributed by atoms with Crippen LogP contribution in [-0.2, 0) is 10.0 Å². The summed E-state index contributed by atoms with van der Waals surface area (Å²) in [4.78, 5) is 2.41. The van der Waals surface area contributed by atoms with Gasteiger partial charge in [0.25, 0.3) is 10.0 Å². The second kappa shape index (κ2) is 9.30. The second-order valence-corrected chi connectivity index (χ2v) is 8.59. The van der Waals surface area contributed by atoms with Gasteiger partial charge in [0.15, 0.2) is 11.5 Å². The summed E-state index contributed by atoms with van der Waals surface area (Å²) in [6.45, 7) is 9.72. The molecule has 0 atom stereocenters. The number of hydrogen-bond donors (Lipinski definition) is 1. The Hall–Kier alpha value is -2.25. The first-order valence-corrected chi connectivity index (χ1v) is 10.7. The monoisotopic (exact) mass is 424 g/mol. The van der Waals surface area contributed by atoms with Crippen LogP contribution in [0.2, 0.25) is 5.02 Å². The molecule has 28 heavy (non-hydrogen) atoms. The van der Waals surface area contributed by atoms with Crippen LogP contribution in [0, 0.1) is 13.8 Å². The summed E-state index contributed by atoms with van der Waals surface area (Å²) in [5.74, 6) is 0.925. The summed E-state index contributed by atoms with van der Waals surface area (Å²) in [5, 5.41) is 4.23. The Balaban J connectivity index is 2.26. The Morgan fingerprint density at radius 1 is 1.21 bits per heavy atom. The van der Waals surface area contributed by atoms with Gasteiger partial charge in [-0.3, -0.25) is 0 Å². The van der Waals surface area contributed by atoms with Gasteiger partial charge in [0, 0.05) is 0 Å². The SMILES string of the molecule is CCOc1cc(/C=N/NS(=O)(=O)c2ccc(C)cc2C)cc(Cl)c1OC(C)C. The Morgan fingerprint density at radius 3 is 2.54 bits per heavy atom. The fourth-order valence-electron chi connectivity index (χ4n) is 2.60. The molecule has 0 bridgehead atoms. The van der Waals surface area contributed by atoms with Gasteiger partial charge in [-0.25, -0.2) is 4.83 Å². The van der Waals surface area contributed by atoms with E-state index < -0.39 is 10.0 Å². The first-order chi connectivity index (χ1) is 13.1. The van der Waals surface area contributed by atoms with E-state index in [9.17, 15) is 8.42 Å². The minimum absolute atomic E-state index is 0.0687. The Labute approximate surface area is 171 Å². The first-order valence-electron chi connectivity index (χ1n) is 8.89. The maximum Gasteiger partial charge on any atom is 0.276 e. The van der Waals surface area contributed by atoms with Crippen LogP contribution in [0.5, 0.6) is 11.5 Å². The molecule has 0 aromatic heterocycles.